The number of benzene rings is 1. The van der Waals surface area contributed by atoms with Gasteiger partial charge in [0.25, 0.3) is 11.8 Å². The second-order valence-electron chi connectivity index (χ2n) is 10.0. The number of piperidine rings is 1. The van der Waals surface area contributed by atoms with Crippen LogP contribution in [0.4, 0.5) is 23.2 Å². The van der Waals surface area contributed by atoms with E-state index in [9.17, 15) is 37.5 Å². The highest BCUT2D eigenvalue weighted by Gasteiger charge is 2.47. The molecule has 1 unspecified atom stereocenters. The van der Waals surface area contributed by atoms with Gasteiger partial charge in [0, 0.05) is 38.6 Å². The van der Waals surface area contributed by atoms with Crippen LogP contribution in [-0.4, -0.2) is 100 Å². The zero-order valence-electron chi connectivity index (χ0n) is 21.2. The van der Waals surface area contributed by atoms with Gasteiger partial charge >= 0.3 is 12.1 Å². The lowest BCUT2D eigenvalue weighted by Gasteiger charge is -2.43. The van der Waals surface area contributed by atoms with E-state index in [1.165, 1.54) is 12.1 Å². The van der Waals surface area contributed by atoms with E-state index in [2.05, 4.69) is 10.2 Å². The molecule has 1 aromatic carbocycles. The minimum absolute atomic E-state index is 0.0177. The lowest BCUT2D eigenvalue weighted by molar-refractivity contribution is -0.192. The normalized spacial score (nSPS) is 25.8. The molecule has 0 spiro atoms. The highest BCUT2D eigenvalue weighted by atomic mass is 19.4. The van der Waals surface area contributed by atoms with Gasteiger partial charge in [-0.15, -0.1) is 0 Å². The summed E-state index contributed by atoms with van der Waals surface area (Å²) in [6.07, 6.45) is -1.53. The summed E-state index contributed by atoms with van der Waals surface area (Å²) >= 11 is 0. The average Bonchev–Trinajstić information content (AvgIpc) is 3.14. The molecule has 1 aromatic rings. The fraction of sp³-hybridized carbons (Fsp3) is 0.560. The Kier molecular flexibility index (Phi) is 8.44. The summed E-state index contributed by atoms with van der Waals surface area (Å²) in [6, 6.07) is 1.48. The van der Waals surface area contributed by atoms with E-state index < -0.39 is 47.6 Å². The Labute approximate surface area is 225 Å². The molecule has 3 aliphatic heterocycles. The van der Waals surface area contributed by atoms with Crippen molar-refractivity contribution >= 4 is 35.3 Å². The SMILES string of the molecule is O=C(O)C(F)(F)F.O=C1CCC(N2C(=O)c3ccc(F)c(N4CCN([C@@H]5CCCC[C@H]5O)CC4)c3C2=O)C(=O)N1. The summed E-state index contributed by atoms with van der Waals surface area (Å²) in [5, 5.41) is 19.7. The number of carboxylic acid groups (broad SMARTS) is 1. The number of nitrogens with zero attached hydrogens (tertiary/aromatic N) is 3. The molecule has 1 aliphatic carbocycles. The van der Waals surface area contributed by atoms with Gasteiger partial charge in [0.05, 0.1) is 22.9 Å². The molecule has 3 N–H and O–H groups in total. The van der Waals surface area contributed by atoms with Crippen molar-refractivity contribution in [1.82, 2.24) is 15.1 Å². The second-order valence-corrected chi connectivity index (χ2v) is 10.0. The van der Waals surface area contributed by atoms with Gasteiger partial charge < -0.3 is 15.1 Å². The Morgan fingerprint density at radius 1 is 0.950 bits per heavy atom. The molecule has 3 atom stereocenters. The molecule has 4 amide bonds. The van der Waals surface area contributed by atoms with Crippen LogP contribution in [0.25, 0.3) is 0 Å². The summed E-state index contributed by atoms with van der Waals surface area (Å²) in [5.74, 6) is -5.83. The number of piperazine rings is 1. The second kappa shape index (κ2) is 11.5. The van der Waals surface area contributed by atoms with Gasteiger partial charge in [-0.3, -0.25) is 34.3 Å². The predicted octanol–water partition coefficient (Wildman–Crippen LogP) is 1.29. The highest BCUT2D eigenvalue weighted by Crippen LogP contribution is 2.37. The Hall–Kier alpha value is -3.59. The summed E-state index contributed by atoms with van der Waals surface area (Å²) in [7, 11) is 0. The number of alkyl halides is 3. The predicted molar refractivity (Wildman–Crippen MR) is 129 cm³/mol. The third-order valence-corrected chi connectivity index (χ3v) is 7.57. The molecule has 0 radical (unpaired) electrons. The summed E-state index contributed by atoms with van der Waals surface area (Å²) < 4.78 is 46.8. The van der Waals surface area contributed by atoms with Crippen molar-refractivity contribution in [3.05, 3.63) is 29.1 Å². The number of rotatable bonds is 3. The van der Waals surface area contributed by atoms with Crippen molar-refractivity contribution in [1.29, 1.82) is 0 Å². The maximum atomic E-state index is 15.0. The van der Waals surface area contributed by atoms with Crippen molar-refractivity contribution in [3.8, 4) is 0 Å². The van der Waals surface area contributed by atoms with Gasteiger partial charge in [0.2, 0.25) is 11.8 Å². The molecule has 3 fully saturated rings. The van der Waals surface area contributed by atoms with Crippen molar-refractivity contribution in [2.75, 3.05) is 31.1 Å². The third kappa shape index (κ3) is 5.80. The number of imide groups is 2. The van der Waals surface area contributed by atoms with Crippen LogP contribution in [0.2, 0.25) is 0 Å². The van der Waals surface area contributed by atoms with E-state index in [1.807, 2.05) is 0 Å². The quantitative estimate of drug-likeness (QED) is 0.360. The number of aliphatic hydroxyl groups is 1. The standard InChI is InChI=1S/C23H27FN4O5.C2HF3O2/c24-14-6-5-13-19(23(33)28(22(13)32)16-7-8-18(30)25-21(16)31)20(14)27-11-9-26(10-12-27)15-3-1-2-4-17(15)29;3-2(4,5)1(6)7/h5-6,15-17,29H,1-4,7-12H2,(H,25,30,31);(H,6,7)/t15-,16?,17-;/m1./s1. The maximum Gasteiger partial charge on any atom is 0.490 e. The number of carbonyl (C=O) groups is 5. The molecule has 2 saturated heterocycles. The van der Waals surface area contributed by atoms with Crippen molar-refractivity contribution in [2.24, 2.45) is 0 Å². The fourth-order valence-electron chi connectivity index (χ4n) is 5.62. The van der Waals surface area contributed by atoms with Crippen LogP contribution in [-0.2, 0) is 14.4 Å². The number of carbonyl (C=O) groups excluding carboxylic acids is 4. The Morgan fingerprint density at radius 2 is 1.57 bits per heavy atom. The van der Waals surface area contributed by atoms with Crippen LogP contribution in [0.5, 0.6) is 0 Å². The van der Waals surface area contributed by atoms with Crippen molar-refractivity contribution < 1.29 is 51.7 Å². The number of anilines is 1. The topological polar surface area (TPSA) is 148 Å². The number of nitrogens with one attached hydrogen (secondary N) is 1. The number of hydrogen-bond acceptors (Lipinski definition) is 8. The number of amides is 4. The molecular weight excluding hydrogens is 544 g/mol. The number of hydrogen-bond donors (Lipinski definition) is 3. The van der Waals surface area contributed by atoms with Crippen molar-refractivity contribution in [2.45, 2.75) is 62.9 Å². The Morgan fingerprint density at radius 3 is 2.15 bits per heavy atom. The van der Waals surface area contributed by atoms with Gasteiger partial charge in [-0.1, -0.05) is 12.8 Å². The first-order chi connectivity index (χ1) is 18.8. The molecule has 0 aromatic heterocycles. The van der Waals surface area contributed by atoms with E-state index in [0.29, 0.717) is 26.2 Å². The minimum atomic E-state index is -5.08. The molecular formula is C25H28F4N4O7. The van der Waals surface area contributed by atoms with Gasteiger partial charge in [0.15, 0.2) is 0 Å². The monoisotopic (exact) mass is 572 g/mol. The zero-order chi connectivity index (χ0) is 29.4. The number of aliphatic hydroxyl groups excluding tert-OH is 1. The fourth-order valence-corrected chi connectivity index (χ4v) is 5.62. The van der Waals surface area contributed by atoms with Crippen molar-refractivity contribution in [3.63, 3.8) is 0 Å². The molecule has 3 heterocycles. The Bertz CT molecular complexity index is 1220. The first-order valence-corrected chi connectivity index (χ1v) is 12.8. The molecule has 15 heteroatoms. The molecule has 1 saturated carbocycles. The van der Waals surface area contributed by atoms with Crippen LogP contribution in [0, 0.1) is 5.82 Å². The van der Waals surface area contributed by atoms with Crippen LogP contribution >= 0.6 is 0 Å². The highest BCUT2D eigenvalue weighted by molar-refractivity contribution is 6.25. The number of aliphatic carboxylic acids is 1. The molecule has 5 rings (SSSR count). The van der Waals surface area contributed by atoms with Gasteiger partial charge in [-0.05, 0) is 31.4 Å². The number of halogens is 4. The third-order valence-electron chi connectivity index (χ3n) is 7.57. The zero-order valence-corrected chi connectivity index (χ0v) is 21.2. The summed E-state index contributed by atoms with van der Waals surface area (Å²) in [4.78, 5) is 63.9. The number of fused-ring (bicyclic) bond motifs is 1. The molecule has 11 nitrogen and oxygen atoms in total. The molecule has 0 bridgehead atoms. The van der Waals surface area contributed by atoms with E-state index >= 15 is 4.39 Å². The molecule has 40 heavy (non-hydrogen) atoms. The largest absolute Gasteiger partial charge is 0.490 e. The molecule has 4 aliphatic rings. The lowest BCUT2D eigenvalue weighted by atomic mass is 9.91. The van der Waals surface area contributed by atoms with Gasteiger partial charge in [-0.25, -0.2) is 9.18 Å². The summed E-state index contributed by atoms with van der Waals surface area (Å²) in [6.45, 7) is 2.14. The minimum Gasteiger partial charge on any atom is -0.475 e. The van der Waals surface area contributed by atoms with E-state index in [-0.39, 0.29) is 41.8 Å². The Balaban J connectivity index is 0.000000470. The first-order valence-electron chi connectivity index (χ1n) is 12.8. The van der Waals surface area contributed by atoms with Crippen LogP contribution in [0.15, 0.2) is 12.1 Å². The smallest absolute Gasteiger partial charge is 0.475 e. The van der Waals surface area contributed by atoms with E-state index in [1.54, 1.807) is 4.90 Å². The van der Waals surface area contributed by atoms with Gasteiger partial charge in [0.1, 0.15) is 11.9 Å². The maximum absolute atomic E-state index is 15.0. The molecule has 218 valence electrons. The van der Waals surface area contributed by atoms with Crippen LogP contribution in [0.3, 0.4) is 0 Å². The van der Waals surface area contributed by atoms with Crippen LogP contribution in [0.1, 0.15) is 59.2 Å². The van der Waals surface area contributed by atoms with Gasteiger partial charge in [-0.2, -0.15) is 13.2 Å². The average molecular weight is 573 g/mol. The van der Waals surface area contributed by atoms with E-state index in [0.717, 1.165) is 30.6 Å². The lowest BCUT2D eigenvalue weighted by Crippen LogP contribution is -2.55. The summed E-state index contributed by atoms with van der Waals surface area (Å²) in [5.41, 5.74) is 0.145. The van der Waals surface area contributed by atoms with E-state index in [4.69, 9.17) is 9.90 Å². The number of carboxylic acids is 1. The first kappa shape index (κ1) is 29.4. The van der Waals surface area contributed by atoms with Crippen LogP contribution < -0.4 is 10.2 Å².